The van der Waals surface area contributed by atoms with Gasteiger partial charge in [0.15, 0.2) is 5.96 Å². The summed E-state index contributed by atoms with van der Waals surface area (Å²) in [6.45, 7) is 14.5. The fraction of sp³-hybridized carbons (Fsp3) is 0.750. The molecule has 0 aliphatic heterocycles. The number of aliphatic imine (C=N–C) groups is 1. The second kappa shape index (κ2) is 12.9. The third-order valence-corrected chi connectivity index (χ3v) is 4.06. The van der Waals surface area contributed by atoms with Crippen molar-refractivity contribution in [3.8, 4) is 0 Å². The Morgan fingerprint density at radius 2 is 2.04 bits per heavy atom. The van der Waals surface area contributed by atoms with Crippen LogP contribution in [0.2, 0.25) is 0 Å². The molecule has 0 bridgehead atoms. The van der Waals surface area contributed by atoms with E-state index in [-0.39, 0.29) is 24.0 Å². The van der Waals surface area contributed by atoms with Gasteiger partial charge in [0.2, 0.25) is 0 Å². The number of nitrogens with one attached hydrogen (secondary N) is 2. The monoisotopic (exact) mass is 454 g/mol. The zero-order valence-corrected chi connectivity index (χ0v) is 18.1. The van der Waals surface area contributed by atoms with Crippen molar-refractivity contribution in [3.05, 3.63) is 15.6 Å². The molecule has 1 aromatic rings. The van der Waals surface area contributed by atoms with Crippen LogP contribution in [0.1, 0.15) is 42.8 Å². The first-order chi connectivity index (χ1) is 10.5. The van der Waals surface area contributed by atoms with Gasteiger partial charge in [-0.3, -0.25) is 0 Å². The number of thiazole rings is 1. The van der Waals surface area contributed by atoms with Crippen LogP contribution in [-0.2, 0) is 11.3 Å². The molecule has 0 aliphatic carbocycles. The van der Waals surface area contributed by atoms with E-state index in [2.05, 4.69) is 48.3 Å². The molecule has 0 spiro atoms. The Balaban J connectivity index is 0.00000484. The van der Waals surface area contributed by atoms with E-state index < -0.39 is 0 Å². The second-order valence-corrected chi connectivity index (χ2v) is 6.98. The molecule has 23 heavy (non-hydrogen) atoms. The van der Waals surface area contributed by atoms with E-state index in [9.17, 15) is 0 Å². The van der Waals surface area contributed by atoms with E-state index in [1.54, 1.807) is 11.3 Å². The lowest BCUT2D eigenvalue weighted by Crippen LogP contribution is -2.38. The van der Waals surface area contributed by atoms with Gasteiger partial charge in [-0.2, -0.15) is 0 Å². The lowest BCUT2D eigenvalue weighted by molar-refractivity contribution is 0.108. The lowest BCUT2D eigenvalue weighted by Gasteiger charge is -2.11. The average Bonchev–Trinajstić information content (AvgIpc) is 2.78. The Bertz CT molecular complexity index is 443. The van der Waals surface area contributed by atoms with E-state index in [0.29, 0.717) is 12.5 Å². The first kappa shape index (κ1) is 22.6. The van der Waals surface area contributed by atoms with E-state index in [1.807, 2.05) is 6.92 Å². The predicted octanol–water partition coefficient (Wildman–Crippen LogP) is 3.50. The molecule has 1 aromatic heterocycles. The van der Waals surface area contributed by atoms with Crippen molar-refractivity contribution in [1.29, 1.82) is 0 Å². The lowest BCUT2D eigenvalue weighted by atomic mass is 10.2. The quantitative estimate of drug-likeness (QED) is 0.260. The first-order valence-electron chi connectivity index (χ1n) is 8.05. The standard InChI is InChI=1S/C16H30N4OS.HI/c1-6-17-16(18-8-7-9-21-11-12(2)3)19-10-15-20-13(4)14(5)22-15;/h12H,6-11H2,1-5H3,(H2,17,18,19);1H. The van der Waals surface area contributed by atoms with Gasteiger partial charge < -0.3 is 15.4 Å². The highest BCUT2D eigenvalue weighted by molar-refractivity contribution is 14.0. The first-order valence-corrected chi connectivity index (χ1v) is 8.87. The van der Waals surface area contributed by atoms with E-state index >= 15 is 0 Å². The molecule has 0 saturated carbocycles. The molecule has 134 valence electrons. The third kappa shape index (κ3) is 10.1. The summed E-state index contributed by atoms with van der Waals surface area (Å²) in [5.74, 6) is 1.44. The van der Waals surface area contributed by atoms with E-state index in [4.69, 9.17) is 4.74 Å². The molecule has 2 N–H and O–H groups in total. The number of ether oxygens (including phenoxy) is 1. The van der Waals surface area contributed by atoms with Gasteiger partial charge in [-0.05, 0) is 33.1 Å². The van der Waals surface area contributed by atoms with Crippen LogP contribution in [0.3, 0.4) is 0 Å². The fourth-order valence-corrected chi connectivity index (χ4v) is 2.65. The minimum Gasteiger partial charge on any atom is -0.381 e. The molecule has 0 fully saturated rings. The maximum absolute atomic E-state index is 5.57. The van der Waals surface area contributed by atoms with Crippen molar-refractivity contribution in [2.45, 2.75) is 47.6 Å². The van der Waals surface area contributed by atoms with Gasteiger partial charge in [0.1, 0.15) is 5.01 Å². The Hall–Kier alpha value is -0.410. The number of nitrogens with zero attached hydrogens (tertiary/aromatic N) is 2. The number of aromatic nitrogens is 1. The summed E-state index contributed by atoms with van der Waals surface area (Å²) in [6.07, 6.45) is 0.979. The van der Waals surface area contributed by atoms with Crippen LogP contribution in [0, 0.1) is 19.8 Å². The normalized spacial score (nSPS) is 11.5. The van der Waals surface area contributed by atoms with Crippen LogP contribution < -0.4 is 10.6 Å². The third-order valence-electron chi connectivity index (χ3n) is 3.00. The average molecular weight is 454 g/mol. The van der Waals surface area contributed by atoms with Crippen molar-refractivity contribution in [2.24, 2.45) is 10.9 Å². The van der Waals surface area contributed by atoms with Crippen molar-refractivity contribution in [1.82, 2.24) is 15.6 Å². The molecule has 5 nitrogen and oxygen atoms in total. The van der Waals surface area contributed by atoms with Crippen LogP contribution in [0.15, 0.2) is 4.99 Å². The summed E-state index contributed by atoms with van der Waals surface area (Å²) in [7, 11) is 0. The molecular formula is C16H31IN4OS. The number of guanidine groups is 1. The Morgan fingerprint density at radius 1 is 1.30 bits per heavy atom. The molecular weight excluding hydrogens is 423 g/mol. The summed E-state index contributed by atoms with van der Waals surface area (Å²) in [6, 6.07) is 0. The maximum atomic E-state index is 5.57. The van der Waals surface area contributed by atoms with Crippen molar-refractivity contribution < 1.29 is 4.74 Å². The van der Waals surface area contributed by atoms with Crippen molar-refractivity contribution in [3.63, 3.8) is 0 Å². The summed E-state index contributed by atoms with van der Waals surface area (Å²) < 4.78 is 5.57. The Kier molecular flexibility index (Phi) is 12.7. The summed E-state index contributed by atoms with van der Waals surface area (Å²) >= 11 is 1.72. The number of rotatable bonds is 9. The number of hydrogen-bond donors (Lipinski definition) is 2. The molecule has 1 rings (SSSR count). The zero-order chi connectivity index (χ0) is 16.4. The molecule has 0 radical (unpaired) electrons. The summed E-state index contributed by atoms with van der Waals surface area (Å²) in [5, 5.41) is 7.66. The van der Waals surface area contributed by atoms with Gasteiger partial charge in [-0.1, -0.05) is 13.8 Å². The minimum atomic E-state index is 0. The highest BCUT2D eigenvalue weighted by Crippen LogP contribution is 2.16. The van der Waals surface area contributed by atoms with Gasteiger partial charge in [-0.25, -0.2) is 9.98 Å². The summed E-state index contributed by atoms with van der Waals surface area (Å²) in [4.78, 5) is 10.4. The topological polar surface area (TPSA) is 58.5 Å². The zero-order valence-electron chi connectivity index (χ0n) is 14.9. The van der Waals surface area contributed by atoms with Gasteiger partial charge >= 0.3 is 0 Å². The maximum Gasteiger partial charge on any atom is 0.191 e. The van der Waals surface area contributed by atoms with Crippen molar-refractivity contribution in [2.75, 3.05) is 26.3 Å². The van der Waals surface area contributed by atoms with Crippen LogP contribution in [-0.4, -0.2) is 37.2 Å². The SMILES string of the molecule is CCNC(=NCc1nc(C)c(C)s1)NCCCOCC(C)C.I. The molecule has 0 aliphatic rings. The van der Waals surface area contributed by atoms with Crippen LogP contribution in [0.4, 0.5) is 0 Å². The molecule has 1 heterocycles. The molecule has 0 atom stereocenters. The van der Waals surface area contributed by atoms with Crippen molar-refractivity contribution >= 4 is 41.3 Å². The highest BCUT2D eigenvalue weighted by Gasteiger charge is 2.03. The molecule has 0 unspecified atom stereocenters. The van der Waals surface area contributed by atoms with Gasteiger partial charge in [0.25, 0.3) is 0 Å². The number of hydrogen-bond acceptors (Lipinski definition) is 4. The Labute approximate surface area is 161 Å². The number of aryl methyl sites for hydroxylation is 2. The second-order valence-electron chi connectivity index (χ2n) is 5.69. The van der Waals surface area contributed by atoms with Crippen LogP contribution in [0.25, 0.3) is 0 Å². The highest BCUT2D eigenvalue weighted by atomic mass is 127. The van der Waals surface area contributed by atoms with Gasteiger partial charge in [0, 0.05) is 31.2 Å². The summed E-state index contributed by atoms with van der Waals surface area (Å²) in [5.41, 5.74) is 1.11. The Morgan fingerprint density at radius 3 is 2.61 bits per heavy atom. The molecule has 0 amide bonds. The molecule has 0 saturated heterocycles. The largest absolute Gasteiger partial charge is 0.381 e. The van der Waals surface area contributed by atoms with Crippen LogP contribution >= 0.6 is 35.3 Å². The minimum absolute atomic E-state index is 0. The van der Waals surface area contributed by atoms with Gasteiger partial charge in [-0.15, -0.1) is 35.3 Å². The van der Waals surface area contributed by atoms with Gasteiger partial charge in [0.05, 0.1) is 12.2 Å². The molecule has 7 heteroatoms. The fourth-order valence-electron chi connectivity index (χ4n) is 1.80. The molecule has 0 aromatic carbocycles. The van der Waals surface area contributed by atoms with Crippen LogP contribution in [0.5, 0.6) is 0 Å². The predicted molar refractivity (Wildman–Crippen MR) is 110 cm³/mol. The number of halogens is 1. The van der Waals surface area contributed by atoms with E-state index in [0.717, 1.165) is 49.4 Å². The van der Waals surface area contributed by atoms with E-state index in [1.165, 1.54) is 4.88 Å². The smallest absolute Gasteiger partial charge is 0.191 e.